The van der Waals surface area contributed by atoms with Gasteiger partial charge in [-0.3, -0.25) is 4.72 Å². The highest BCUT2D eigenvalue weighted by Gasteiger charge is 2.50. The fraction of sp³-hybridized carbons (Fsp3) is 0.400. The Hall–Kier alpha value is -2.22. The first kappa shape index (κ1) is 17.1. The third kappa shape index (κ3) is 2.98. The van der Waals surface area contributed by atoms with Crippen molar-refractivity contribution in [1.82, 2.24) is 4.90 Å². The molecule has 0 bridgehead atoms. The zero-order chi connectivity index (χ0) is 17.5. The average Bonchev–Trinajstić information content (AvgIpc) is 2.46. The molecule has 7 nitrogen and oxygen atoms in total. The number of benzene rings is 1. The molecule has 3 amide bonds. The molecule has 1 aromatic carbocycles. The van der Waals surface area contributed by atoms with Crippen LogP contribution in [0.15, 0.2) is 18.2 Å². The van der Waals surface area contributed by atoms with E-state index < -0.39 is 27.2 Å². The Morgan fingerprint density at radius 3 is 2.39 bits per heavy atom. The van der Waals surface area contributed by atoms with Gasteiger partial charge in [0.2, 0.25) is 5.25 Å². The van der Waals surface area contributed by atoms with Crippen molar-refractivity contribution < 1.29 is 22.6 Å². The van der Waals surface area contributed by atoms with E-state index in [0.29, 0.717) is 5.69 Å². The lowest BCUT2D eigenvalue weighted by Gasteiger charge is -2.24. The number of nitrogens with one attached hydrogen (secondary N) is 1. The maximum atomic E-state index is 12.7. The lowest BCUT2D eigenvalue weighted by molar-refractivity contribution is -0.405. The second kappa shape index (κ2) is 5.77. The van der Waals surface area contributed by atoms with Crippen LogP contribution in [0, 0.1) is 13.8 Å². The van der Waals surface area contributed by atoms with E-state index in [9.17, 15) is 18.0 Å². The topological polar surface area (TPSA) is 86.6 Å². The number of rotatable bonds is 3. The zero-order valence-corrected chi connectivity index (χ0v) is 14.6. The monoisotopic (exact) mass is 338 g/mol. The van der Waals surface area contributed by atoms with E-state index in [2.05, 4.69) is 4.72 Å². The normalized spacial score (nSPS) is 19.3. The predicted octanol–water partition coefficient (Wildman–Crippen LogP) is 1.11. The van der Waals surface area contributed by atoms with Gasteiger partial charge in [0.05, 0.1) is 19.8 Å². The van der Waals surface area contributed by atoms with Crippen LogP contribution < -0.4 is 4.72 Å². The standard InChI is InChI=1S/C15H20N3O4S/c1-9-6-7-10(2)12(8-9)16-23(21,22)13-11(3)17(4)15(20)18(5)14(13)19/h6-8,13,16H,1-5H3/q+1. The smallest absolute Gasteiger partial charge is 0.282 e. The number of hydrogen-bond donors (Lipinski definition) is 1. The molecule has 0 saturated carbocycles. The summed E-state index contributed by atoms with van der Waals surface area (Å²) in [6.45, 7) is 5.09. The van der Waals surface area contributed by atoms with Crippen molar-refractivity contribution in [3.05, 3.63) is 29.3 Å². The van der Waals surface area contributed by atoms with Crippen LogP contribution in [0.2, 0.25) is 0 Å². The van der Waals surface area contributed by atoms with Crippen molar-refractivity contribution in [3.8, 4) is 0 Å². The molecule has 23 heavy (non-hydrogen) atoms. The van der Waals surface area contributed by atoms with E-state index in [1.165, 1.54) is 25.6 Å². The molecule has 8 heteroatoms. The molecule has 0 fully saturated rings. The van der Waals surface area contributed by atoms with Gasteiger partial charge in [-0.15, -0.1) is 0 Å². The van der Waals surface area contributed by atoms with E-state index in [1.807, 2.05) is 13.0 Å². The maximum absolute atomic E-state index is 12.7. The van der Waals surface area contributed by atoms with Crippen molar-refractivity contribution in [1.29, 1.82) is 0 Å². The van der Waals surface area contributed by atoms with E-state index in [0.717, 1.165) is 16.0 Å². The van der Waals surface area contributed by atoms with Gasteiger partial charge in [0, 0.05) is 0 Å². The SMILES string of the molecule is CC1=[N+](C)C(=O)N(C)C(=O)C1S(=O)(=O)Nc1cc(C)ccc1C. The molecular formula is C15H20N3O4S+. The summed E-state index contributed by atoms with van der Waals surface area (Å²) in [6.07, 6.45) is 0. The van der Waals surface area contributed by atoms with Crippen LogP contribution in [0.1, 0.15) is 18.1 Å². The molecule has 1 unspecified atom stereocenters. The van der Waals surface area contributed by atoms with E-state index in [4.69, 9.17) is 0 Å². The molecule has 1 aliphatic rings. The van der Waals surface area contributed by atoms with Gasteiger partial charge >= 0.3 is 11.9 Å². The van der Waals surface area contributed by atoms with Crippen molar-refractivity contribution in [2.24, 2.45) is 0 Å². The largest absolute Gasteiger partial charge is 0.500 e. The van der Waals surface area contributed by atoms with E-state index in [-0.39, 0.29) is 5.71 Å². The molecule has 124 valence electrons. The van der Waals surface area contributed by atoms with Crippen molar-refractivity contribution in [3.63, 3.8) is 0 Å². The van der Waals surface area contributed by atoms with Gasteiger partial charge in [0.25, 0.3) is 10.0 Å². The molecule has 0 aliphatic carbocycles. The third-order valence-corrected chi connectivity index (χ3v) is 5.66. The van der Waals surface area contributed by atoms with Gasteiger partial charge in [-0.05, 0) is 38.0 Å². The molecule has 1 aliphatic heterocycles. The summed E-state index contributed by atoms with van der Waals surface area (Å²) in [5.74, 6) is -0.761. The highest BCUT2D eigenvalue weighted by molar-refractivity contribution is 7.94. The Morgan fingerprint density at radius 1 is 1.17 bits per heavy atom. The van der Waals surface area contributed by atoms with Crippen LogP contribution in [0.4, 0.5) is 10.5 Å². The number of nitrogens with zero attached hydrogens (tertiary/aromatic N) is 2. The van der Waals surface area contributed by atoms with Gasteiger partial charge < -0.3 is 0 Å². The molecule has 1 N–H and O–H groups in total. The fourth-order valence-electron chi connectivity index (χ4n) is 2.42. The summed E-state index contributed by atoms with van der Waals surface area (Å²) in [5.41, 5.74) is 2.25. The first-order chi connectivity index (χ1) is 10.6. The summed E-state index contributed by atoms with van der Waals surface area (Å²) in [7, 11) is -1.32. The van der Waals surface area contributed by atoms with Gasteiger partial charge in [-0.2, -0.15) is 14.3 Å². The number of anilines is 1. The Kier molecular flexibility index (Phi) is 4.30. The summed E-state index contributed by atoms with van der Waals surface area (Å²) >= 11 is 0. The zero-order valence-electron chi connectivity index (χ0n) is 13.7. The minimum atomic E-state index is -4.04. The Balaban J connectivity index is 2.49. The molecule has 1 heterocycles. The molecule has 1 atom stereocenters. The van der Waals surface area contributed by atoms with E-state index in [1.54, 1.807) is 19.1 Å². The summed E-state index contributed by atoms with van der Waals surface area (Å²) in [6, 6.07) is 4.82. The van der Waals surface area contributed by atoms with Crippen LogP contribution in [-0.4, -0.2) is 54.9 Å². The Bertz CT molecular complexity index is 827. The molecule has 0 saturated heterocycles. The lowest BCUT2D eigenvalue weighted by Crippen LogP contribution is -2.57. The van der Waals surface area contributed by atoms with Gasteiger partial charge in [-0.1, -0.05) is 12.1 Å². The van der Waals surface area contributed by atoms with Crippen LogP contribution in [0.3, 0.4) is 0 Å². The minimum absolute atomic E-state index is 0.177. The van der Waals surface area contributed by atoms with Crippen molar-refractivity contribution in [2.75, 3.05) is 18.8 Å². The number of hydrogen-bond acceptors (Lipinski definition) is 4. The number of carbonyl (C=O) groups excluding carboxylic acids is 2. The maximum Gasteiger partial charge on any atom is 0.500 e. The summed E-state index contributed by atoms with van der Waals surface area (Å²) < 4.78 is 29.1. The van der Waals surface area contributed by atoms with Crippen LogP contribution in [0.5, 0.6) is 0 Å². The molecular weight excluding hydrogens is 318 g/mol. The minimum Gasteiger partial charge on any atom is -0.282 e. The predicted molar refractivity (Wildman–Crippen MR) is 87.3 cm³/mol. The summed E-state index contributed by atoms with van der Waals surface area (Å²) in [5, 5.41) is -1.44. The highest BCUT2D eigenvalue weighted by atomic mass is 32.2. The van der Waals surface area contributed by atoms with Crippen LogP contribution in [0.25, 0.3) is 0 Å². The fourth-order valence-corrected chi connectivity index (χ4v) is 4.09. The van der Waals surface area contributed by atoms with E-state index >= 15 is 0 Å². The number of carbonyl (C=O) groups is 2. The van der Waals surface area contributed by atoms with Gasteiger partial charge in [0.1, 0.15) is 5.71 Å². The Labute approximate surface area is 135 Å². The highest BCUT2D eigenvalue weighted by Crippen LogP contribution is 2.21. The van der Waals surface area contributed by atoms with Crippen molar-refractivity contribution in [2.45, 2.75) is 26.0 Å². The second-order valence-corrected chi connectivity index (χ2v) is 7.49. The van der Waals surface area contributed by atoms with Gasteiger partial charge in [-0.25, -0.2) is 13.2 Å². The second-order valence-electron chi connectivity index (χ2n) is 5.73. The van der Waals surface area contributed by atoms with Crippen LogP contribution in [-0.2, 0) is 14.8 Å². The molecule has 0 aromatic heterocycles. The summed E-state index contributed by atoms with van der Waals surface area (Å²) in [4.78, 5) is 25.0. The number of imide groups is 1. The lowest BCUT2D eigenvalue weighted by atomic mass is 10.1. The number of aryl methyl sites for hydroxylation is 2. The van der Waals surface area contributed by atoms with Gasteiger partial charge in [0.15, 0.2) is 0 Å². The molecule has 2 rings (SSSR count). The average molecular weight is 338 g/mol. The first-order valence-electron chi connectivity index (χ1n) is 7.04. The number of urea groups is 1. The first-order valence-corrected chi connectivity index (χ1v) is 8.58. The number of amides is 3. The number of sulfonamides is 1. The van der Waals surface area contributed by atoms with Crippen molar-refractivity contribution >= 4 is 33.4 Å². The quantitative estimate of drug-likeness (QED) is 0.837. The molecule has 0 radical (unpaired) electrons. The third-order valence-electron chi connectivity index (χ3n) is 3.99. The molecule has 0 spiro atoms. The Morgan fingerprint density at radius 2 is 1.78 bits per heavy atom. The molecule has 1 aromatic rings. The van der Waals surface area contributed by atoms with Crippen LogP contribution >= 0.6 is 0 Å².